The van der Waals surface area contributed by atoms with E-state index in [0.29, 0.717) is 6.54 Å². The Labute approximate surface area is 134 Å². The first-order chi connectivity index (χ1) is 11.3. The SMILES string of the molecule is COC(=O)C(NCc1cncnc1)c1ccc2ccccc2c1. The number of carbonyl (C=O) groups excluding carboxylic acids is 1. The highest BCUT2D eigenvalue weighted by Crippen LogP contribution is 2.21. The third-order valence-electron chi connectivity index (χ3n) is 3.67. The van der Waals surface area contributed by atoms with Crippen molar-refractivity contribution in [2.45, 2.75) is 12.6 Å². The summed E-state index contributed by atoms with van der Waals surface area (Å²) < 4.78 is 4.93. The topological polar surface area (TPSA) is 64.1 Å². The van der Waals surface area contributed by atoms with Crippen LogP contribution in [-0.2, 0) is 16.1 Å². The molecule has 116 valence electrons. The molecule has 0 saturated carbocycles. The second kappa shape index (κ2) is 6.98. The van der Waals surface area contributed by atoms with Crippen molar-refractivity contribution < 1.29 is 9.53 Å². The Balaban J connectivity index is 1.86. The number of esters is 1. The van der Waals surface area contributed by atoms with Gasteiger partial charge in [-0.15, -0.1) is 0 Å². The maximum Gasteiger partial charge on any atom is 0.327 e. The van der Waals surface area contributed by atoms with E-state index < -0.39 is 6.04 Å². The number of benzene rings is 2. The van der Waals surface area contributed by atoms with Crippen LogP contribution in [0.1, 0.15) is 17.2 Å². The van der Waals surface area contributed by atoms with E-state index >= 15 is 0 Å². The highest BCUT2D eigenvalue weighted by atomic mass is 16.5. The Kier molecular flexibility index (Phi) is 4.59. The van der Waals surface area contributed by atoms with E-state index in [4.69, 9.17) is 4.74 Å². The molecule has 1 N–H and O–H groups in total. The molecule has 0 aliphatic rings. The van der Waals surface area contributed by atoms with E-state index in [-0.39, 0.29) is 5.97 Å². The zero-order valence-electron chi connectivity index (χ0n) is 12.8. The third kappa shape index (κ3) is 3.52. The maximum absolute atomic E-state index is 12.2. The second-order valence-electron chi connectivity index (χ2n) is 5.19. The first-order valence-electron chi connectivity index (χ1n) is 7.32. The van der Waals surface area contributed by atoms with Crippen molar-refractivity contribution in [2.24, 2.45) is 0 Å². The van der Waals surface area contributed by atoms with Crippen LogP contribution in [0.25, 0.3) is 10.8 Å². The van der Waals surface area contributed by atoms with Crippen LogP contribution >= 0.6 is 0 Å². The summed E-state index contributed by atoms with van der Waals surface area (Å²) in [5, 5.41) is 5.44. The molecule has 23 heavy (non-hydrogen) atoms. The van der Waals surface area contributed by atoms with Crippen molar-refractivity contribution in [1.29, 1.82) is 0 Å². The van der Waals surface area contributed by atoms with E-state index in [0.717, 1.165) is 21.9 Å². The van der Waals surface area contributed by atoms with Gasteiger partial charge in [0.2, 0.25) is 0 Å². The van der Waals surface area contributed by atoms with Crippen LogP contribution in [0.5, 0.6) is 0 Å². The van der Waals surface area contributed by atoms with Gasteiger partial charge in [-0.05, 0) is 22.4 Å². The van der Waals surface area contributed by atoms with Crippen molar-refractivity contribution in [2.75, 3.05) is 7.11 Å². The number of nitrogens with one attached hydrogen (secondary N) is 1. The number of fused-ring (bicyclic) bond motifs is 1. The first-order valence-corrected chi connectivity index (χ1v) is 7.32. The minimum atomic E-state index is -0.537. The van der Waals surface area contributed by atoms with Crippen molar-refractivity contribution in [3.63, 3.8) is 0 Å². The first kappa shape index (κ1) is 15.1. The fraction of sp³-hybridized carbons (Fsp3) is 0.167. The molecule has 1 atom stereocenters. The van der Waals surface area contributed by atoms with Crippen molar-refractivity contribution in [3.05, 3.63) is 72.3 Å². The number of hydrogen-bond acceptors (Lipinski definition) is 5. The highest BCUT2D eigenvalue weighted by molar-refractivity contribution is 5.85. The zero-order chi connectivity index (χ0) is 16.1. The second-order valence-corrected chi connectivity index (χ2v) is 5.19. The lowest BCUT2D eigenvalue weighted by atomic mass is 10.0. The summed E-state index contributed by atoms with van der Waals surface area (Å²) in [5.41, 5.74) is 1.77. The van der Waals surface area contributed by atoms with Crippen molar-refractivity contribution in [3.8, 4) is 0 Å². The largest absolute Gasteiger partial charge is 0.468 e. The predicted molar refractivity (Wildman–Crippen MR) is 87.6 cm³/mol. The average molecular weight is 307 g/mol. The molecular weight excluding hydrogens is 290 g/mol. The summed E-state index contributed by atoms with van der Waals surface area (Å²) in [4.78, 5) is 20.1. The van der Waals surface area contributed by atoms with Crippen molar-refractivity contribution in [1.82, 2.24) is 15.3 Å². The van der Waals surface area contributed by atoms with E-state index in [1.54, 1.807) is 12.4 Å². The quantitative estimate of drug-likeness (QED) is 0.734. The molecule has 1 unspecified atom stereocenters. The van der Waals surface area contributed by atoms with Gasteiger partial charge in [0.15, 0.2) is 0 Å². The van der Waals surface area contributed by atoms with Crippen LogP contribution in [0.3, 0.4) is 0 Å². The van der Waals surface area contributed by atoms with E-state index in [1.165, 1.54) is 13.4 Å². The number of methoxy groups -OCH3 is 1. The number of nitrogens with zero attached hydrogens (tertiary/aromatic N) is 2. The molecule has 3 aromatic rings. The van der Waals surface area contributed by atoms with Gasteiger partial charge in [0, 0.05) is 24.5 Å². The van der Waals surface area contributed by atoms with Crippen LogP contribution < -0.4 is 5.32 Å². The van der Waals surface area contributed by atoms with E-state index in [1.807, 2.05) is 42.5 Å². The molecule has 1 aromatic heterocycles. The van der Waals surface area contributed by atoms with Crippen LogP contribution in [0.15, 0.2) is 61.2 Å². The molecule has 5 nitrogen and oxygen atoms in total. The Bertz CT molecular complexity index is 805. The fourth-order valence-electron chi connectivity index (χ4n) is 2.48. The Morgan fingerprint density at radius 1 is 1.13 bits per heavy atom. The lowest BCUT2D eigenvalue weighted by Gasteiger charge is -2.17. The van der Waals surface area contributed by atoms with Gasteiger partial charge >= 0.3 is 5.97 Å². The molecule has 0 saturated heterocycles. The Morgan fingerprint density at radius 2 is 1.87 bits per heavy atom. The lowest BCUT2D eigenvalue weighted by molar-refractivity contribution is -0.143. The van der Waals surface area contributed by atoms with Gasteiger partial charge in [-0.2, -0.15) is 0 Å². The molecule has 0 fully saturated rings. The predicted octanol–water partition coefficient (Wildman–Crippen LogP) is 2.63. The number of ether oxygens (including phenoxy) is 1. The van der Waals surface area contributed by atoms with Gasteiger partial charge in [0.05, 0.1) is 7.11 Å². The zero-order valence-corrected chi connectivity index (χ0v) is 12.8. The fourth-order valence-corrected chi connectivity index (χ4v) is 2.48. The summed E-state index contributed by atoms with van der Waals surface area (Å²) >= 11 is 0. The third-order valence-corrected chi connectivity index (χ3v) is 3.67. The van der Waals surface area contributed by atoms with Gasteiger partial charge in [0.1, 0.15) is 12.4 Å². The van der Waals surface area contributed by atoms with Crippen LogP contribution in [-0.4, -0.2) is 23.0 Å². The van der Waals surface area contributed by atoms with Gasteiger partial charge in [-0.3, -0.25) is 5.32 Å². The number of rotatable bonds is 5. The molecule has 0 radical (unpaired) electrons. The molecule has 0 spiro atoms. The molecule has 0 aliphatic carbocycles. The summed E-state index contributed by atoms with van der Waals surface area (Å²) in [6.07, 6.45) is 4.91. The summed E-state index contributed by atoms with van der Waals surface area (Å²) in [7, 11) is 1.39. The standard InChI is InChI=1S/C18H17N3O2/c1-23-18(22)17(21-11-13-9-19-12-20-10-13)16-7-6-14-4-2-3-5-15(14)8-16/h2-10,12,17,21H,11H2,1H3. The number of hydrogen-bond donors (Lipinski definition) is 1. The molecule has 0 amide bonds. The van der Waals surface area contributed by atoms with Gasteiger partial charge < -0.3 is 4.74 Å². The summed E-state index contributed by atoms with van der Waals surface area (Å²) in [5.74, 6) is -0.322. The van der Waals surface area contributed by atoms with Crippen molar-refractivity contribution >= 4 is 16.7 Å². The minimum absolute atomic E-state index is 0.322. The summed E-state index contributed by atoms with van der Waals surface area (Å²) in [6.45, 7) is 0.480. The van der Waals surface area contributed by atoms with E-state index in [2.05, 4.69) is 15.3 Å². The maximum atomic E-state index is 12.2. The molecule has 0 aliphatic heterocycles. The van der Waals surface area contributed by atoms with Gasteiger partial charge in [-0.1, -0.05) is 36.4 Å². The average Bonchev–Trinajstić information content (AvgIpc) is 2.62. The van der Waals surface area contributed by atoms with Crippen LogP contribution in [0, 0.1) is 0 Å². The lowest BCUT2D eigenvalue weighted by Crippen LogP contribution is -2.29. The van der Waals surface area contributed by atoms with Crippen LogP contribution in [0.4, 0.5) is 0 Å². The number of carbonyl (C=O) groups is 1. The molecule has 1 heterocycles. The molecule has 5 heteroatoms. The normalized spacial score (nSPS) is 12.0. The Morgan fingerprint density at radius 3 is 2.61 bits per heavy atom. The van der Waals surface area contributed by atoms with Gasteiger partial charge in [0.25, 0.3) is 0 Å². The van der Waals surface area contributed by atoms with Gasteiger partial charge in [-0.25, -0.2) is 14.8 Å². The minimum Gasteiger partial charge on any atom is -0.468 e. The molecule has 0 bridgehead atoms. The highest BCUT2D eigenvalue weighted by Gasteiger charge is 2.21. The monoisotopic (exact) mass is 307 g/mol. The smallest absolute Gasteiger partial charge is 0.327 e. The summed E-state index contributed by atoms with van der Waals surface area (Å²) in [6, 6.07) is 13.5. The Hall–Kier alpha value is -2.79. The van der Waals surface area contributed by atoms with E-state index in [9.17, 15) is 4.79 Å². The number of aromatic nitrogens is 2. The molecule has 2 aromatic carbocycles. The molecular formula is C18H17N3O2. The molecule has 3 rings (SSSR count). The van der Waals surface area contributed by atoms with Crippen LogP contribution in [0.2, 0.25) is 0 Å².